The zero-order valence-electron chi connectivity index (χ0n) is 28.3. The molecule has 2 nitrogen and oxygen atoms in total. The van der Waals surface area contributed by atoms with Crippen molar-refractivity contribution in [2.75, 3.05) is 9.80 Å². The molecule has 8 rings (SSSR count). The molecule has 0 N–H and O–H groups in total. The number of aryl methyl sites for hydroxylation is 2. The second-order valence-corrected chi connectivity index (χ2v) is 13.2. The molecule has 0 fully saturated rings. The van der Waals surface area contributed by atoms with Gasteiger partial charge in [0.1, 0.15) is 0 Å². The molecule has 0 spiro atoms. The average molecular weight is 633 g/mol. The summed E-state index contributed by atoms with van der Waals surface area (Å²) in [5, 5.41) is 2.48. The molecule has 49 heavy (non-hydrogen) atoms. The van der Waals surface area contributed by atoms with Gasteiger partial charge in [-0.1, -0.05) is 128 Å². The Kier molecular flexibility index (Phi) is 8.07. The van der Waals surface area contributed by atoms with Crippen LogP contribution in [0.5, 0.6) is 0 Å². The van der Waals surface area contributed by atoms with Gasteiger partial charge in [0.15, 0.2) is 0 Å². The standard InChI is InChI=1S/C47H40N2/c1-33-13-12-20-45-43(33)32-22-35(3)47(45)49(40-17-8-5-9-18-40)42-30-26-37(27-31-42)36-24-28-41(29-25-36)48(39-15-6-4-7-16-39)46-34(2)21-23-38-14-10-11-19-44(38)46/h4-12,14-33H,13H2,1-3H3. The minimum absolute atomic E-state index is 0.504. The number of rotatable bonds is 7. The van der Waals surface area contributed by atoms with Crippen LogP contribution in [0.4, 0.5) is 34.1 Å². The van der Waals surface area contributed by atoms with Gasteiger partial charge in [-0.25, -0.2) is 0 Å². The summed E-state index contributed by atoms with van der Waals surface area (Å²) in [4.78, 5) is 4.81. The molecule has 238 valence electrons. The van der Waals surface area contributed by atoms with E-state index in [2.05, 4.69) is 200 Å². The first-order valence-electron chi connectivity index (χ1n) is 17.3. The Bertz CT molecular complexity index is 2270. The first-order chi connectivity index (χ1) is 24.1. The third-order valence-corrected chi connectivity index (χ3v) is 9.92. The lowest BCUT2D eigenvalue weighted by molar-refractivity contribution is 0.771. The minimum atomic E-state index is 0.504. The van der Waals surface area contributed by atoms with Gasteiger partial charge in [0.05, 0.1) is 11.4 Å². The Morgan fingerprint density at radius 2 is 0.959 bits per heavy atom. The van der Waals surface area contributed by atoms with E-state index in [-0.39, 0.29) is 0 Å². The average Bonchev–Trinajstić information content (AvgIpc) is 3.15. The number of hydrogen-bond acceptors (Lipinski definition) is 2. The van der Waals surface area contributed by atoms with Crippen LogP contribution in [0.15, 0.2) is 164 Å². The van der Waals surface area contributed by atoms with Crippen molar-refractivity contribution in [1.29, 1.82) is 0 Å². The van der Waals surface area contributed by atoms with Crippen molar-refractivity contribution in [3.63, 3.8) is 0 Å². The molecule has 1 unspecified atom stereocenters. The SMILES string of the molecule is Cc1ccc2c(c1N(c1ccccc1)c1ccc(-c3ccc(N(c4ccccc4)c4c(C)ccc5ccccc45)cc3)cc1)C=CCC2C. The highest BCUT2D eigenvalue weighted by Gasteiger charge is 2.23. The van der Waals surface area contributed by atoms with E-state index >= 15 is 0 Å². The Morgan fingerprint density at radius 3 is 1.57 bits per heavy atom. The fraction of sp³-hybridized carbons (Fsp3) is 0.106. The van der Waals surface area contributed by atoms with Crippen LogP contribution in [0.2, 0.25) is 0 Å². The van der Waals surface area contributed by atoms with Gasteiger partial charge in [0, 0.05) is 33.7 Å². The summed E-state index contributed by atoms with van der Waals surface area (Å²) in [5.41, 5.74) is 14.7. The van der Waals surface area contributed by atoms with Gasteiger partial charge >= 0.3 is 0 Å². The summed E-state index contributed by atoms with van der Waals surface area (Å²) in [6, 6.07) is 57.2. The van der Waals surface area contributed by atoms with Crippen LogP contribution in [0, 0.1) is 13.8 Å². The number of para-hydroxylation sites is 2. The molecule has 0 aromatic heterocycles. The smallest absolute Gasteiger partial charge is 0.0569 e. The number of hydrogen-bond donors (Lipinski definition) is 0. The summed E-state index contributed by atoms with van der Waals surface area (Å²) < 4.78 is 0. The zero-order chi connectivity index (χ0) is 33.3. The molecule has 2 heteroatoms. The Labute approximate surface area is 290 Å². The first-order valence-corrected chi connectivity index (χ1v) is 17.3. The van der Waals surface area contributed by atoms with Crippen LogP contribution in [0.3, 0.4) is 0 Å². The maximum atomic E-state index is 2.42. The maximum Gasteiger partial charge on any atom is 0.0569 e. The molecule has 0 amide bonds. The van der Waals surface area contributed by atoms with Gasteiger partial charge in [-0.3, -0.25) is 0 Å². The maximum absolute atomic E-state index is 2.42. The highest BCUT2D eigenvalue weighted by Crippen LogP contribution is 2.45. The number of benzene rings is 7. The molecule has 0 bridgehead atoms. The van der Waals surface area contributed by atoms with Crippen molar-refractivity contribution in [3.8, 4) is 11.1 Å². The van der Waals surface area contributed by atoms with Gasteiger partial charge in [-0.15, -0.1) is 0 Å². The van der Waals surface area contributed by atoms with Crippen LogP contribution in [-0.2, 0) is 0 Å². The second-order valence-electron chi connectivity index (χ2n) is 13.2. The summed E-state index contributed by atoms with van der Waals surface area (Å²) in [6.07, 6.45) is 5.73. The monoisotopic (exact) mass is 632 g/mol. The molecule has 7 aromatic carbocycles. The van der Waals surface area contributed by atoms with Gasteiger partial charge in [0.25, 0.3) is 0 Å². The number of nitrogens with zero attached hydrogens (tertiary/aromatic N) is 2. The Balaban J connectivity index is 1.18. The normalized spacial score (nSPS) is 13.7. The molecule has 0 aliphatic heterocycles. The quantitative estimate of drug-likeness (QED) is 0.172. The van der Waals surface area contributed by atoms with Gasteiger partial charge < -0.3 is 9.80 Å². The molecule has 1 atom stereocenters. The molecule has 0 saturated heterocycles. The summed E-state index contributed by atoms with van der Waals surface area (Å²) >= 11 is 0. The lowest BCUT2D eigenvalue weighted by atomic mass is 9.86. The van der Waals surface area contributed by atoms with Crippen molar-refractivity contribution in [1.82, 2.24) is 0 Å². The van der Waals surface area contributed by atoms with Gasteiger partial charge in [0.2, 0.25) is 0 Å². The number of allylic oxidation sites excluding steroid dienone is 1. The number of fused-ring (bicyclic) bond motifs is 2. The largest absolute Gasteiger partial charge is 0.310 e. The molecule has 1 aliphatic carbocycles. The first kappa shape index (κ1) is 30.5. The topological polar surface area (TPSA) is 6.48 Å². The van der Waals surface area contributed by atoms with Crippen molar-refractivity contribution >= 4 is 51.0 Å². The van der Waals surface area contributed by atoms with Crippen LogP contribution in [0.25, 0.3) is 28.0 Å². The zero-order valence-corrected chi connectivity index (χ0v) is 28.3. The van der Waals surface area contributed by atoms with Crippen LogP contribution < -0.4 is 9.80 Å². The van der Waals surface area contributed by atoms with Crippen molar-refractivity contribution < 1.29 is 0 Å². The molecule has 1 aliphatic rings. The van der Waals surface area contributed by atoms with Crippen LogP contribution in [-0.4, -0.2) is 0 Å². The van der Waals surface area contributed by atoms with Gasteiger partial charge in [-0.05, 0) is 108 Å². The van der Waals surface area contributed by atoms with Crippen molar-refractivity contribution in [2.45, 2.75) is 33.1 Å². The second kappa shape index (κ2) is 13.0. The fourth-order valence-electron chi connectivity index (χ4n) is 7.39. The third kappa shape index (κ3) is 5.70. The predicted molar refractivity (Wildman–Crippen MR) is 210 cm³/mol. The van der Waals surface area contributed by atoms with E-state index in [1.807, 2.05) is 0 Å². The van der Waals surface area contributed by atoms with Crippen LogP contribution >= 0.6 is 0 Å². The highest BCUT2D eigenvalue weighted by molar-refractivity contribution is 6.00. The van der Waals surface area contributed by atoms with Crippen LogP contribution in [0.1, 0.15) is 41.5 Å². The van der Waals surface area contributed by atoms with E-state index in [1.165, 1.54) is 55.5 Å². The summed E-state index contributed by atoms with van der Waals surface area (Å²) in [5.74, 6) is 0.504. The summed E-state index contributed by atoms with van der Waals surface area (Å²) in [6.45, 7) is 6.76. The lowest BCUT2D eigenvalue weighted by Gasteiger charge is -2.32. The van der Waals surface area contributed by atoms with E-state index in [4.69, 9.17) is 0 Å². The fourth-order valence-corrected chi connectivity index (χ4v) is 7.39. The molecular formula is C47H40N2. The predicted octanol–water partition coefficient (Wildman–Crippen LogP) is 13.6. The Morgan fingerprint density at radius 1 is 0.469 bits per heavy atom. The van der Waals surface area contributed by atoms with E-state index in [1.54, 1.807) is 0 Å². The minimum Gasteiger partial charge on any atom is -0.310 e. The number of anilines is 6. The Hall–Kier alpha value is -5.86. The van der Waals surface area contributed by atoms with E-state index < -0.39 is 0 Å². The summed E-state index contributed by atoms with van der Waals surface area (Å²) in [7, 11) is 0. The lowest BCUT2D eigenvalue weighted by Crippen LogP contribution is -2.15. The third-order valence-electron chi connectivity index (χ3n) is 9.92. The van der Waals surface area contributed by atoms with E-state index in [0.717, 1.165) is 29.2 Å². The highest BCUT2D eigenvalue weighted by atomic mass is 15.2. The van der Waals surface area contributed by atoms with E-state index in [0.29, 0.717) is 5.92 Å². The van der Waals surface area contributed by atoms with Crippen molar-refractivity contribution in [2.24, 2.45) is 0 Å². The van der Waals surface area contributed by atoms with Gasteiger partial charge in [-0.2, -0.15) is 0 Å². The molecule has 0 saturated carbocycles. The van der Waals surface area contributed by atoms with E-state index in [9.17, 15) is 0 Å². The molecule has 7 aromatic rings. The molecular weight excluding hydrogens is 593 g/mol. The molecule has 0 radical (unpaired) electrons. The molecule has 0 heterocycles. The van der Waals surface area contributed by atoms with Crippen molar-refractivity contribution in [3.05, 3.63) is 186 Å².